The zero-order valence-electron chi connectivity index (χ0n) is 17.4. The maximum atomic E-state index is 5.93. The summed E-state index contributed by atoms with van der Waals surface area (Å²) in [6, 6.07) is 21.2. The van der Waals surface area contributed by atoms with Crippen molar-refractivity contribution in [2.24, 2.45) is 0 Å². The first-order chi connectivity index (χ1) is 14.8. The minimum Gasteiger partial charge on any atom is -0.490 e. The van der Waals surface area contributed by atoms with Crippen LogP contribution in [0.25, 0.3) is 10.9 Å². The van der Waals surface area contributed by atoms with Crippen molar-refractivity contribution >= 4 is 34.8 Å². The molecule has 6 nitrogen and oxygen atoms in total. The van der Waals surface area contributed by atoms with Gasteiger partial charge in [0.15, 0.2) is 11.5 Å². The quantitative estimate of drug-likeness (QED) is 0.344. The lowest BCUT2D eigenvalue weighted by atomic mass is 10.2. The number of rotatable bonds is 8. The van der Waals surface area contributed by atoms with E-state index >= 15 is 0 Å². The molecule has 0 fully saturated rings. The fourth-order valence-electron chi connectivity index (χ4n) is 3.10. The number of benzene rings is 3. The van der Waals surface area contributed by atoms with Gasteiger partial charge in [-0.2, -0.15) is 0 Å². The molecule has 31 heavy (non-hydrogen) atoms. The highest BCUT2D eigenvalue weighted by atomic mass is 35.5. The molecule has 4 rings (SSSR count). The molecular weight excluding hydrogens is 414 g/mol. The Labute approximate surface area is 187 Å². The monoisotopic (exact) mass is 437 g/mol. The SMILES string of the molecule is CCOc1cc2ncnc(Nc3cccc(Oc4ccccc4)c3)c2cc1OCC.Cl. The van der Waals surface area contributed by atoms with E-state index in [1.54, 1.807) is 0 Å². The van der Waals surface area contributed by atoms with Crippen LogP contribution in [-0.4, -0.2) is 23.2 Å². The first kappa shape index (κ1) is 22.2. The number of anilines is 2. The van der Waals surface area contributed by atoms with Crippen molar-refractivity contribution in [3.63, 3.8) is 0 Å². The second kappa shape index (κ2) is 10.5. The van der Waals surface area contributed by atoms with Crippen molar-refractivity contribution in [1.82, 2.24) is 9.97 Å². The molecule has 0 radical (unpaired) electrons. The summed E-state index contributed by atoms with van der Waals surface area (Å²) in [6.07, 6.45) is 1.53. The van der Waals surface area contributed by atoms with Crippen LogP contribution in [0.1, 0.15) is 13.8 Å². The Hall–Kier alpha value is -3.51. The second-order valence-corrected chi connectivity index (χ2v) is 6.47. The highest BCUT2D eigenvalue weighted by molar-refractivity contribution is 5.93. The van der Waals surface area contributed by atoms with Crippen molar-refractivity contribution in [2.75, 3.05) is 18.5 Å². The summed E-state index contributed by atoms with van der Waals surface area (Å²) in [4.78, 5) is 8.82. The highest BCUT2D eigenvalue weighted by Crippen LogP contribution is 2.35. The summed E-state index contributed by atoms with van der Waals surface area (Å²) in [5, 5.41) is 4.21. The van der Waals surface area contributed by atoms with Gasteiger partial charge in [-0.1, -0.05) is 24.3 Å². The molecule has 0 saturated heterocycles. The first-order valence-electron chi connectivity index (χ1n) is 9.91. The van der Waals surface area contributed by atoms with Gasteiger partial charge in [0.1, 0.15) is 23.6 Å². The maximum absolute atomic E-state index is 5.93. The third-order valence-corrected chi connectivity index (χ3v) is 4.38. The van der Waals surface area contributed by atoms with E-state index in [0.717, 1.165) is 28.1 Å². The van der Waals surface area contributed by atoms with E-state index in [9.17, 15) is 0 Å². The smallest absolute Gasteiger partial charge is 0.163 e. The summed E-state index contributed by atoms with van der Waals surface area (Å²) in [7, 11) is 0. The summed E-state index contributed by atoms with van der Waals surface area (Å²) in [5.74, 6) is 3.55. The molecule has 0 aliphatic carbocycles. The lowest BCUT2D eigenvalue weighted by Crippen LogP contribution is -2.01. The van der Waals surface area contributed by atoms with Gasteiger partial charge in [0, 0.05) is 23.2 Å². The maximum Gasteiger partial charge on any atom is 0.163 e. The normalized spacial score (nSPS) is 10.3. The van der Waals surface area contributed by atoms with E-state index in [0.29, 0.717) is 30.5 Å². The number of para-hydroxylation sites is 1. The highest BCUT2D eigenvalue weighted by Gasteiger charge is 2.12. The largest absolute Gasteiger partial charge is 0.490 e. The fraction of sp³-hybridized carbons (Fsp3) is 0.167. The zero-order chi connectivity index (χ0) is 20.8. The van der Waals surface area contributed by atoms with E-state index < -0.39 is 0 Å². The van der Waals surface area contributed by atoms with Gasteiger partial charge in [0.05, 0.1) is 18.7 Å². The van der Waals surface area contributed by atoms with Crippen LogP contribution in [0.5, 0.6) is 23.0 Å². The van der Waals surface area contributed by atoms with E-state index in [-0.39, 0.29) is 12.4 Å². The Balaban J connectivity index is 0.00000272. The number of halogens is 1. The molecule has 0 aliphatic rings. The number of hydrogen-bond donors (Lipinski definition) is 1. The Kier molecular flexibility index (Phi) is 7.51. The van der Waals surface area contributed by atoms with Crippen molar-refractivity contribution in [2.45, 2.75) is 13.8 Å². The number of fused-ring (bicyclic) bond motifs is 1. The van der Waals surface area contributed by atoms with Gasteiger partial charge < -0.3 is 19.5 Å². The molecule has 160 valence electrons. The summed E-state index contributed by atoms with van der Waals surface area (Å²) in [6.45, 7) is 4.98. The number of nitrogens with one attached hydrogen (secondary N) is 1. The lowest BCUT2D eigenvalue weighted by molar-refractivity contribution is 0.288. The molecule has 0 bridgehead atoms. The number of aromatic nitrogens is 2. The average molecular weight is 438 g/mol. The van der Waals surface area contributed by atoms with E-state index in [1.165, 1.54) is 6.33 Å². The van der Waals surface area contributed by atoms with Crippen LogP contribution in [-0.2, 0) is 0 Å². The van der Waals surface area contributed by atoms with E-state index in [4.69, 9.17) is 14.2 Å². The minimum absolute atomic E-state index is 0. The second-order valence-electron chi connectivity index (χ2n) is 6.47. The van der Waals surface area contributed by atoms with Gasteiger partial charge >= 0.3 is 0 Å². The van der Waals surface area contributed by atoms with Crippen molar-refractivity contribution in [3.05, 3.63) is 73.1 Å². The summed E-state index contributed by atoms with van der Waals surface area (Å²) >= 11 is 0. The number of hydrogen-bond acceptors (Lipinski definition) is 6. The van der Waals surface area contributed by atoms with Gasteiger partial charge in [0.2, 0.25) is 0 Å². The van der Waals surface area contributed by atoms with Gasteiger partial charge in [-0.3, -0.25) is 0 Å². The van der Waals surface area contributed by atoms with Gasteiger partial charge in [-0.05, 0) is 44.2 Å². The Morgan fingerprint density at radius 2 is 1.48 bits per heavy atom. The lowest BCUT2D eigenvalue weighted by Gasteiger charge is -2.14. The molecular formula is C24H24ClN3O3. The molecule has 1 aromatic heterocycles. The Morgan fingerprint density at radius 1 is 0.774 bits per heavy atom. The zero-order valence-corrected chi connectivity index (χ0v) is 18.2. The van der Waals surface area contributed by atoms with Crippen molar-refractivity contribution in [1.29, 1.82) is 0 Å². The van der Waals surface area contributed by atoms with Crippen LogP contribution in [0.3, 0.4) is 0 Å². The van der Waals surface area contributed by atoms with Crippen LogP contribution in [0.15, 0.2) is 73.1 Å². The van der Waals surface area contributed by atoms with Crippen LogP contribution >= 0.6 is 12.4 Å². The van der Waals surface area contributed by atoms with E-state index in [1.807, 2.05) is 80.6 Å². The molecule has 1 N–H and O–H groups in total. The van der Waals surface area contributed by atoms with Crippen LogP contribution in [0, 0.1) is 0 Å². The molecule has 3 aromatic carbocycles. The third-order valence-electron chi connectivity index (χ3n) is 4.38. The van der Waals surface area contributed by atoms with Gasteiger partial charge in [-0.25, -0.2) is 9.97 Å². The average Bonchev–Trinajstić information content (AvgIpc) is 2.76. The van der Waals surface area contributed by atoms with E-state index in [2.05, 4.69) is 15.3 Å². The standard InChI is InChI=1S/C24H23N3O3.ClH/c1-3-28-22-14-20-21(15-23(22)29-4-2)25-16-26-24(20)27-17-9-8-12-19(13-17)30-18-10-6-5-7-11-18;/h5-16H,3-4H2,1-2H3,(H,25,26,27);1H. The molecule has 0 spiro atoms. The van der Waals surface area contributed by atoms with Crippen LogP contribution < -0.4 is 19.5 Å². The molecule has 0 aliphatic heterocycles. The molecule has 4 aromatic rings. The molecule has 0 atom stereocenters. The molecule has 7 heteroatoms. The summed E-state index contributed by atoms with van der Waals surface area (Å²) < 4.78 is 17.4. The Morgan fingerprint density at radius 3 is 2.23 bits per heavy atom. The molecule has 1 heterocycles. The van der Waals surface area contributed by atoms with Crippen LogP contribution in [0.2, 0.25) is 0 Å². The fourth-order valence-corrected chi connectivity index (χ4v) is 3.10. The van der Waals surface area contributed by atoms with Crippen molar-refractivity contribution in [3.8, 4) is 23.0 Å². The van der Waals surface area contributed by atoms with Gasteiger partial charge in [-0.15, -0.1) is 12.4 Å². The number of nitrogens with zero attached hydrogens (tertiary/aromatic N) is 2. The van der Waals surface area contributed by atoms with Crippen LogP contribution in [0.4, 0.5) is 11.5 Å². The predicted molar refractivity (Wildman–Crippen MR) is 125 cm³/mol. The Bertz CT molecular complexity index is 1140. The third kappa shape index (κ3) is 5.35. The predicted octanol–water partition coefficient (Wildman–Crippen LogP) is 6.38. The topological polar surface area (TPSA) is 65.5 Å². The van der Waals surface area contributed by atoms with Gasteiger partial charge in [0.25, 0.3) is 0 Å². The first-order valence-corrected chi connectivity index (χ1v) is 9.91. The van der Waals surface area contributed by atoms with Crippen molar-refractivity contribution < 1.29 is 14.2 Å². The number of ether oxygens (including phenoxy) is 3. The molecule has 0 saturated carbocycles. The summed E-state index contributed by atoms with van der Waals surface area (Å²) in [5.41, 5.74) is 1.63. The molecule has 0 unspecified atom stereocenters. The minimum atomic E-state index is 0. The molecule has 0 amide bonds.